The molecule has 1 saturated heterocycles. The molecular weight excluding hydrogens is 490 g/mol. The van der Waals surface area contributed by atoms with Gasteiger partial charge in [0, 0.05) is 10.2 Å². The van der Waals surface area contributed by atoms with Crippen LogP contribution in [0.5, 0.6) is 0 Å². The average molecular weight is 514 g/mol. The fourth-order valence-electron chi connectivity index (χ4n) is 4.45. The summed E-state index contributed by atoms with van der Waals surface area (Å²) in [5, 5.41) is 12.0. The van der Waals surface area contributed by atoms with E-state index in [-0.39, 0.29) is 25.3 Å². The smallest absolute Gasteiger partial charge is 0.325 e. The fourth-order valence-corrected chi connectivity index (χ4v) is 4.71. The number of urea groups is 1. The van der Waals surface area contributed by atoms with Gasteiger partial charge in [0.25, 0.3) is 5.91 Å². The lowest BCUT2D eigenvalue weighted by Gasteiger charge is -2.33. The first-order valence-electron chi connectivity index (χ1n) is 10.8. The van der Waals surface area contributed by atoms with Crippen LogP contribution in [-0.2, 0) is 20.9 Å². The molecule has 2 aromatic rings. The second-order valence-electron chi connectivity index (χ2n) is 8.46. The summed E-state index contributed by atoms with van der Waals surface area (Å²) in [4.78, 5) is 53.0. The van der Waals surface area contributed by atoms with Crippen molar-refractivity contribution >= 4 is 45.4 Å². The Balaban J connectivity index is 1.52. The predicted octanol–water partition coefficient (Wildman–Crippen LogP) is 3.55. The van der Waals surface area contributed by atoms with Crippen LogP contribution in [0.4, 0.5) is 10.5 Å². The van der Waals surface area contributed by atoms with Gasteiger partial charge in [0.05, 0.1) is 12.5 Å². The quantitative estimate of drug-likeness (QED) is 0.574. The summed E-state index contributed by atoms with van der Waals surface area (Å²) in [6.07, 6.45) is 1.11. The third-order valence-electron chi connectivity index (χ3n) is 6.35. The first-order valence-corrected chi connectivity index (χ1v) is 11.6. The summed E-state index contributed by atoms with van der Waals surface area (Å²) in [7, 11) is 0. The highest BCUT2D eigenvalue weighted by atomic mass is 79.9. The molecule has 0 radical (unpaired) electrons. The minimum Gasteiger partial charge on any atom is -0.481 e. The van der Waals surface area contributed by atoms with Gasteiger partial charge in [0.2, 0.25) is 5.91 Å². The van der Waals surface area contributed by atoms with Gasteiger partial charge >= 0.3 is 12.0 Å². The van der Waals surface area contributed by atoms with Crippen LogP contribution in [0.15, 0.2) is 59.1 Å². The molecule has 2 N–H and O–H groups in total. The summed E-state index contributed by atoms with van der Waals surface area (Å²) in [5.74, 6) is -2.25. The Hall–Kier alpha value is -3.20. The molecular formula is C24H24BrN3O5. The molecule has 4 rings (SSSR count). The molecule has 172 valence electrons. The highest BCUT2D eigenvalue weighted by Gasteiger charge is 2.53. The van der Waals surface area contributed by atoms with E-state index >= 15 is 0 Å². The molecule has 1 aliphatic carbocycles. The summed E-state index contributed by atoms with van der Waals surface area (Å²) < 4.78 is 0.867. The number of nitrogens with zero attached hydrogens (tertiary/aromatic N) is 2. The Bertz CT molecular complexity index is 1070. The largest absolute Gasteiger partial charge is 0.481 e. The molecule has 2 aliphatic rings. The fraction of sp³-hybridized carbons (Fsp3) is 0.333. The second kappa shape index (κ2) is 9.35. The number of halogens is 1. The lowest BCUT2D eigenvalue weighted by atomic mass is 9.76. The molecule has 1 saturated carbocycles. The van der Waals surface area contributed by atoms with Gasteiger partial charge < -0.3 is 15.3 Å². The van der Waals surface area contributed by atoms with Crippen molar-refractivity contribution in [2.75, 3.05) is 11.4 Å². The van der Waals surface area contributed by atoms with Gasteiger partial charge in [-0.3, -0.25) is 19.3 Å². The van der Waals surface area contributed by atoms with Gasteiger partial charge in [0.1, 0.15) is 12.1 Å². The van der Waals surface area contributed by atoms with Gasteiger partial charge in [-0.1, -0.05) is 46.3 Å². The van der Waals surface area contributed by atoms with Crippen molar-refractivity contribution in [2.24, 2.45) is 5.92 Å². The Morgan fingerprint density at radius 2 is 1.70 bits per heavy atom. The Labute approximate surface area is 199 Å². The zero-order valence-corrected chi connectivity index (χ0v) is 19.5. The van der Waals surface area contributed by atoms with E-state index in [1.54, 1.807) is 17.0 Å². The van der Waals surface area contributed by atoms with Crippen LogP contribution in [0.3, 0.4) is 0 Å². The molecule has 1 aliphatic heterocycles. The van der Waals surface area contributed by atoms with E-state index in [9.17, 15) is 24.3 Å². The Kier molecular flexibility index (Phi) is 6.51. The standard InChI is InChI=1S/C24H24BrN3O5/c25-18-6-8-19(9-7-18)27(14-16-4-2-1-3-5-16)20(29)15-28-22(32)24(26-23(28)33)12-10-17(11-13-24)21(30)31/h1-9,17H,10-15H2,(H,26,33)(H,30,31). The van der Waals surface area contributed by atoms with Crippen molar-refractivity contribution < 1.29 is 24.3 Å². The van der Waals surface area contributed by atoms with Gasteiger partial charge in [-0.2, -0.15) is 0 Å². The molecule has 9 heteroatoms. The van der Waals surface area contributed by atoms with Crippen molar-refractivity contribution in [3.8, 4) is 0 Å². The van der Waals surface area contributed by atoms with Crippen molar-refractivity contribution in [2.45, 2.75) is 37.8 Å². The lowest BCUT2D eigenvalue weighted by molar-refractivity contribution is -0.145. The van der Waals surface area contributed by atoms with Crippen molar-refractivity contribution in [3.05, 3.63) is 64.6 Å². The Morgan fingerprint density at radius 1 is 1.06 bits per heavy atom. The number of carboxylic acids is 1. The number of nitrogens with one attached hydrogen (secondary N) is 1. The van der Waals surface area contributed by atoms with E-state index < -0.39 is 35.9 Å². The van der Waals surface area contributed by atoms with Crippen molar-refractivity contribution in [1.29, 1.82) is 0 Å². The number of hydrogen-bond acceptors (Lipinski definition) is 4. The molecule has 8 nitrogen and oxygen atoms in total. The van der Waals surface area contributed by atoms with Gasteiger partial charge in [-0.05, 0) is 55.5 Å². The number of carboxylic acid groups (broad SMARTS) is 1. The number of benzene rings is 2. The number of anilines is 1. The number of amides is 4. The molecule has 1 spiro atoms. The lowest BCUT2D eigenvalue weighted by Crippen LogP contribution is -2.50. The topological polar surface area (TPSA) is 107 Å². The molecule has 0 bridgehead atoms. The maximum atomic E-state index is 13.4. The van der Waals surface area contributed by atoms with Crippen molar-refractivity contribution in [3.63, 3.8) is 0 Å². The average Bonchev–Trinajstić information content (AvgIpc) is 3.03. The summed E-state index contributed by atoms with van der Waals surface area (Å²) >= 11 is 3.39. The second-order valence-corrected chi connectivity index (χ2v) is 9.37. The molecule has 0 unspecified atom stereocenters. The molecule has 4 amide bonds. The number of carbonyl (C=O) groups is 4. The van der Waals surface area contributed by atoms with Crippen LogP contribution in [-0.4, -0.2) is 45.9 Å². The highest BCUT2D eigenvalue weighted by Crippen LogP contribution is 2.36. The van der Waals surface area contributed by atoms with E-state index in [0.29, 0.717) is 18.5 Å². The Morgan fingerprint density at radius 3 is 2.30 bits per heavy atom. The molecule has 0 atom stereocenters. The third kappa shape index (κ3) is 4.78. The molecule has 1 heterocycles. The van der Waals surface area contributed by atoms with Crippen LogP contribution in [0.2, 0.25) is 0 Å². The van der Waals surface area contributed by atoms with Gasteiger partial charge in [0.15, 0.2) is 0 Å². The highest BCUT2D eigenvalue weighted by molar-refractivity contribution is 9.10. The van der Waals surface area contributed by atoms with E-state index in [2.05, 4.69) is 21.2 Å². The molecule has 2 aromatic carbocycles. The minimum absolute atomic E-state index is 0.250. The number of carbonyl (C=O) groups excluding carboxylic acids is 3. The summed E-state index contributed by atoms with van der Waals surface area (Å²) in [6.45, 7) is -0.103. The number of aliphatic carboxylic acids is 1. The van der Waals surface area contributed by atoms with Gasteiger partial charge in [-0.15, -0.1) is 0 Å². The monoisotopic (exact) mass is 513 g/mol. The zero-order valence-electron chi connectivity index (χ0n) is 17.9. The summed E-state index contributed by atoms with van der Waals surface area (Å²) in [6, 6.07) is 16.1. The molecule has 0 aromatic heterocycles. The van der Waals surface area contributed by atoms with Crippen LogP contribution >= 0.6 is 15.9 Å². The zero-order chi connectivity index (χ0) is 23.6. The predicted molar refractivity (Wildman–Crippen MR) is 124 cm³/mol. The normalized spacial score (nSPS) is 22.3. The first-order chi connectivity index (χ1) is 15.8. The molecule has 2 fully saturated rings. The minimum atomic E-state index is -1.12. The number of imide groups is 1. The van der Waals surface area contributed by atoms with E-state index in [1.165, 1.54) is 0 Å². The van der Waals surface area contributed by atoms with Crippen LogP contribution in [0.25, 0.3) is 0 Å². The maximum absolute atomic E-state index is 13.4. The third-order valence-corrected chi connectivity index (χ3v) is 6.88. The maximum Gasteiger partial charge on any atom is 0.325 e. The van der Waals surface area contributed by atoms with Crippen LogP contribution < -0.4 is 10.2 Å². The van der Waals surface area contributed by atoms with Crippen LogP contribution in [0.1, 0.15) is 31.2 Å². The van der Waals surface area contributed by atoms with Crippen LogP contribution in [0, 0.1) is 5.92 Å². The summed E-state index contributed by atoms with van der Waals surface area (Å²) in [5.41, 5.74) is 0.441. The van der Waals surface area contributed by atoms with Gasteiger partial charge in [-0.25, -0.2) is 4.79 Å². The van der Waals surface area contributed by atoms with E-state index in [0.717, 1.165) is 14.9 Å². The number of hydrogen-bond donors (Lipinski definition) is 2. The molecule has 33 heavy (non-hydrogen) atoms. The number of rotatable bonds is 6. The SMILES string of the molecule is O=C(O)C1CCC2(CC1)NC(=O)N(CC(=O)N(Cc1ccccc1)c1ccc(Br)cc1)C2=O. The van der Waals surface area contributed by atoms with E-state index in [4.69, 9.17) is 0 Å². The van der Waals surface area contributed by atoms with Crippen molar-refractivity contribution in [1.82, 2.24) is 10.2 Å². The van der Waals surface area contributed by atoms with E-state index in [1.807, 2.05) is 42.5 Å². The first kappa shape index (κ1) is 23.0.